The van der Waals surface area contributed by atoms with Gasteiger partial charge in [-0.05, 0) is 19.8 Å². The SMILES string of the molecule is CCCCCCCCCCCC(C)OC(=O)CC. The van der Waals surface area contributed by atoms with Crippen LogP contribution < -0.4 is 0 Å². The highest BCUT2D eigenvalue weighted by atomic mass is 16.5. The molecule has 0 rings (SSSR count). The van der Waals surface area contributed by atoms with Crippen molar-refractivity contribution in [3.05, 3.63) is 0 Å². The van der Waals surface area contributed by atoms with E-state index in [2.05, 4.69) is 6.92 Å². The Hall–Kier alpha value is -0.530. The van der Waals surface area contributed by atoms with E-state index in [1.807, 2.05) is 13.8 Å². The third-order valence-electron chi connectivity index (χ3n) is 3.34. The molecular weight excluding hydrogens is 224 g/mol. The van der Waals surface area contributed by atoms with Gasteiger partial charge in [0.15, 0.2) is 0 Å². The summed E-state index contributed by atoms with van der Waals surface area (Å²) in [7, 11) is 0. The maximum atomic E-state index is 11.1. The zero-order valence-electron chi connectivity index (χ0n) is 12.7. The van der Waals surface area contributed by atoms with E-state index in [1.165, 1.54) is 57.8 Å². The van der Waals surface area contributed by atoms with Crippen molar-refractivity contribution in [1.82, 2.24) is 0 Å². The molecule has 18 heavy (non-hydrogen) atoms. The summed E-state index contributed by atoms with van der Waals surface area (Å²) in [6, 6.07) is 0. The summed E-state index contributed by atoms with van der Waals surface area (Å²) in [5.74, 6) is -0.0709. The van der Waals surface area contributed by atoms with Crippen LogP contribution in [0.2, 0.25) is 0 Å². The number of rotatable bonds is 12. The second-order valence-corrected chi connectivity index (χ2v) is 5.27. The van der Waals surface area contributed by atoms with Crippen LogP contribution in [0.3, 0.4) is 0 Å². The summed E-state index contributed by atoms with van der Waals surface area (Å²) in [6.45, 7) is 6.10. The fourth-order valence-electron chi connectivity index (χ4n) is 2.11. The number of carbonyl (C=O) groups is 1. The number of hydrogen-bond donors (Lipinski definition) is 0. The molecular formula is C16H32O2. The van der Waals surface area contributed by atoms with E-state index in [0.29, 0.717) is 6.42 Å². The van der Waals surface area contributed by atoms with Crippen LogP contribution >= 0.6 is 0 Å². The molecule has 0 aliphatic rings. The fourth-order valence-corrected chi connectivity index (χ4v) is 2.11. The Balaban J connectivity index is 3.17. The predicted octanol–water partition coefficient (Wildman–Crippen LogP) is 5.25. The Morgan fingerprint density at radius 3 is 1.89 bits per heavy atom. The van der Waals surface area contributed by atoms with Crippen LogP contribution in [-0.2, 0) is 9.53 Å². The van der Waals surface area contributed by atoms with Crippen LogP contribution in [0.4, 0.5) is 0 Å². The van der Waals surface area contributed by atoms with Gasteiger partial charge in [-0.15, -0.1) is 0 Å². The third kappa shape index (κ3) is 11.9. The Bertz CT molecular complexity index is 190. The van der Waals surface area contributed by atoms with Gasteiger partial charge in [-0.25, -0.2) is 0 Å². The van der Waals surface area contributed by atoms with E-state index in [9.17, 15) is 4.79 Å². The normalized spacial score (nSPS) is 12.4. The van der Waals surface area contributed by atoms with E-state index in [-0.39, 0.29) is 12.1 Å². The molecule has 0 aromatic rings. The minimum Gasteiger partial charge on any atom is -0.463 e. The summed E-state index contributed by atoms with van der Waals surface area (Å²) < 4.78 is 5.23. The second-order valence-electron chi connectivity index (χ2n) is 5.27. The molecule has 0 radical (unpaired) electrons. The average molecular weight is 256 g/mol. The molecule has 0 spiro atoms. The maximum Gasteiger partial charge on any atom is 0.305 e. The van der Waals surface area contributed by atoms with E-state index >= 15 is 0 Å². The standard InChI is InChI=1S/C16H32O2/c1-4-6-7-8-9-10-11-12-13-14-15(3)18-16(17)5-2/h15H,4-14H2,1-3H3. The summed E-state index contributed by atoms with van der Waals surface area (Å²) in [6.07, 6.45) is 13.7. The maximum absolute atomic E-state index is 11.1. The van der Waals surface area contributed by atoms with E-state index in [4.69, 9.17) is 4.74 Å². The first kappa shape index (κ1) is 17.5. The van der Waals surface area contributed by atoms with Gasteiger partial charge in [0.25, 0.3) is 0 Å². The van der Waals surface area contributed by atoms with Crippen LogP contribution in [0.25, 0.3) is 0 Å². The molecule has 108 valence electrons. The first-order valence-electron chi connectivity index (χ1n) is 7.90. The van der Waals surface area contributed by atoms with Crippen molar-refractivity contribution in [2.24, 2.45) is 0 Å². The molecule has 2 nitrogen and oxygen atoms in total. The molecule has 0 aliphatic heterocycles. The van der Waals surface area contributed by atoms with Crippen LogP contribution in [0.5, 0.6) is 0 Å². The van der Waals surface area contributed by atoms with Crippen molar-refractivity contribution in [2.45, 2.75) is 97.5 Å². The largest absolute Gasteiger partial charge is 0.463 e. The molecule has 0 bridgehead atoms. The Kier molecular flexibility index (Phi) is 12.5. The van der Waals surface area contributed by atoms with Gasteiger partial charge >= 0.3 is 5.97 Å². The van der Waals surface area contributed by atoms with Crippen LogP contribution in [-0.4, -0.2) is 12.1 Å². The minimum absolute atomic E-state index is 0.0709. The molecule has 0 aliphatic carbocycles. The predicted molar refractivity (Wildman–Crippen MR) is 77.7 cm³/mol. The minimum atomic E-state index is -0.0709. The van der Waals surface area contributed by atoms with Gasteiger partial charge in [0, 0.05) is 6.42 Å². The number of unbranched alkanes of at least 4 members (excludes halogenated alkanes) is 8. The van der Waals surface area contributed by atoms with Crippen molar-refractivity contribution in [3.8, 4) is 0 Å². The third-order valence-corrected chi connectivity index (χ3v) is 3.34. The Morgan fingerprint density at radius 1 is 0.889 bits per heavy atom. The van der Waals surface area contributed by atoms with Crippen molar-refractivity contribution in [3.63, 3.8) is 0 Å². The van der Waals surface area contributed by atoms with Gasteiger partial charge in [0.2, 0.25) is 0 Å². The monoisotopic (exact) mass is 256 g/mol. The van der Waals surface area contributed by atoms with Crippen LogP contribution in [0.15, 0.2) is 0 Å². The van der Waals surface area contributed by atoms with Gasteiger partial charge in [0.1, 0.15) is 0 Å². The number of esters is 1. The lowest BCUT2D eigenvalue weighted by molar-refractivity contribution is -0.148. The highest BCUT2D eigenvalue weighted by molar-refractivity contribution is 5.69. The zero-order chi connectivity index (χ0) is 13.6. The number of hydrogen-bond acceptors (Lipinski definition) is 2. The highest BCUT2D eigenvalue weighted by Crippen LogP contribution is 2.12. The lowest BCUT2D eigenvalue weighted by Crippen LogP contribution is -2.13. The first-order valence-corrected chi connectivity index (χ1v) is 7.90. The summed E-state index contributed by atoms with van der Waals surface area (Å²) in [5, 5.41) is 0. The molecule has 0 N–H and O–H groups in total. The Morgan fingerprint density at radius 2 is 1.39 bits per heavy atom. The molecule has 0 saturated carbocycles. The Labute approximate surface area is 113 Å². The van der Waals surface area contributed by atoms with Gasteiger partial charge in [0.05, 0.1) is 6.10 Å². The molecule has 1 atom stereocenters. The lowest BCUT2D eigenvalue weighted by Gasteiger charge is -2.12. The van der Waals surface area contributed by atoms with Crippen molar-refractivity contribution >= 4 is 5.97 Å². The topological polar surface area (TPSA) is 26.3 Å². The van der Waals surface area contributed by atoms with Gasteiger partial charge < -0.3 is 4.74 Å². The smallest absolute Gasteiger partial charge is 0.305 e. The first-order chi connectivity index (χ1) is 8.70. The van der Waals surface area contributed by atoms with Crippen molar-refractivity contribution in [2.75, 3.05) is 0 Å². The molecule has 0 aromatic carbocycles. The van der Waals surface area contributed by atoms with E-state index < -0.39 is 0 Å². The quantitative estimate of drug-likeness (QED) is 0.352. The summed E-state index contributed by atoms with van der Waals surface area (Å²) in [5.41, 5.74) is 0. The van der Waals surface area contributed by atoms with Gasteiger partial charge in [-0.2, -0.15) is 0 Å². The van der Waals surface area contributed by atoms with Crippen molar-refractivity contribution in [1.29, 1.82) is 0 Å². The van der Waals surface area contributed by atoms with Crippen LogP contribution in [0, 0.1) is 0 Å². The van der Waals surface area contributed by atoms with E-state index in [1.54, 1.807) is 0 Å². The summed E-state index contributed by atoms with van der Waals surface area (Å²) in [4.78, 5) is 11.1. The van der Waals surface area contributed by atoms with Crippen LogP contribution in [0.1, 0.15) is 91.4 Å². The van der Waals surface area contributed by atoms with Crippen molar-refractivity contribution < 1.29 is 9.53 Å². The fraction of sp³-hybridized carbons (Fsp3) is 0.938. The zero-order valence-corrected chi connectivity index (χ0v) is 12.7. The van der Waals surface area contributed by atoms with E-state index in [0.717, 1.165) is 6.42 Å². The summed E-state index contributed by atoms with van der Waals surface area (Å²) >= 11 is 0. The lowest BCUT2D eigenvalue weighted by atomic mass is 10.1. The molecule has 0 amide bonds. The molecule has 1 unspecified atom stereocenters. The highest BCUT2D eigenvalue weighted by Gasteiger charge is 2.06. The molecule has 0 aromatic heterocycles. The van der Waals surface area contributed by atoms with Gasteiger partial charge in [-0.1, -0.05) is 65.2 Å². The number of ether oxygens (including phenoxy) is 1. The second kappa shape index (κ2) is 12.9. The molecule has 0 fully saturated rings. The average Bonchev–Trinajstić information content (AvgIpc) is 2.36. The number of carbonyl (C=O) groups excluding carboxylic acids is 1. The molecule has 0 saturated heterocycles. The van der Waals surface area contributed by atoms with Gasteiger partial charge in [-0.3, -0.25) is 4.79 Å². The molecule has 0 heterocycles. The molecule has 2 heteroatoms.